The number of esters is 1. The van der Waals surface area contributed by atoms with Gasteiger partial charge in [0.05, 0.1) is 6.61 Å². The van der Waals surface area contributed by atoms with Crippen LogP contribution in [0.3, 0.4) is 0 Å². The molecule has 1 saturated carbocycles. The Labute approximate surface area is 108 Å². The second kappa shape index (κ2) is 6.03. The Morgan fingerprint density at radius 3 is 2.89 bits per heavy atom. The van der Waals surface area contributed by atoms with Crippen molar-refractivity contribution in [3.63, 3.8) is 0 Å². The molecule has 1 aromatic heterocycles. The lowest BCUT2D eigenvalue weighted by Gasteiger charge is -1.97. The van der Waals surface area contributed by atoms with Gasteiger partial charge in [-0.15, -0.1) is 0 Å². The van der Waals surface area contributed by atoms with Crippen molar-refractivity contribution in [2.24, 2.45) is 5.92 Å². The molecular weight excluding hydrogens is 230 g/mol. The van der Waals surface area contributed by atoms with Gasteiger partial charge in [0.15, 0.2) is 11.6 Å². The number of ether oxygens (including phenoxy) is 1. The highest BCUT2D eigenvalue weighted by Crippen LogP contribution is 2.34. The van der Waals surface area contributed by atoms with E-state index in [1.54, 1.807) is 13.8 Å². The molecule has 0 radical (unpaired) electrons. The number of hydrogen-bond donors (Lipinski definition) is 0. The Morgan fingerprint density at radius 1 is 1.44 bits per heavy atom. The minimum atomic E-state index is -0.386. The van der Waals surface area contributed by atoms with Gasteiger partial charge in [-0.05, 0) is 26.2 Å². The van der Waals surface area contributed by atoms with Gasteiger partial charge in [-0.3, -0.25) is 0 Å². The normalized spacial score (nSPS) is 14.8. The SMILES string of the molecule is CCOC(=O)c1nc(CCCCC2CC2)oc1C. The second-order valence-corrected chi connectivity index (χ2v) is 4.92. The van der Waals surface area contributed by atoms with E-state index in [1.807, 2.05) is 0 Å². The van der Waals surface area contributed by atoms with Crippen LogP contribution in [0.2, 0.25) is 0 Å². The van der Waals surface area contributed by atoms with Crippen molar-refractivity contribution in [2.75, 3.05) is 6.61 Å². The van der Waals surface area contributed by atoms with Gasteiger partial charge in [-0.2, -0.15) is 0 Å². The molecule has 1 fully saturated rings. The molecule has 1 aromatic rings. The van der Waals surface area contributed by atoms with Crippen molar-refractivity contribution in [1.82, 2.24) is 4.98 Å². The van der Waals surface area contributed by atoms with Gasteiger partial charge in [0.2, 0.25) is 0 Å². The average Bonchev–Trinajstić information content (AvgIpc) is 3.08. The number of oxazole rings is 1. The first-order valence-electron chi connectivity index (χ1n) is 6.84. The highest BCUT2D eigenvalue weighted by molar-refractivity contribution is 5.88. The van der Waals surface area contributed by atoms with Crippen LogP contribution in [0.5, 0.6) is 0 Å². The number of carbonyl (C=O) groups is 1. The van der Waals surface area contributed by atoms with Gasteiger partial charge in [0, 0.05) is 6.42 Å². The highest BCUT2D eigenvalue weighted by Gasteiger charge is 2.21. The summed E-state index contributed by atoms with van der Waals surface area (Å²) in [6, 6.07) is 0. The van der Waals surface area contributed by atoms with Gasteiger partial charge >= 0.3 is 5.97 Å². The third-order valence-corrected chi connectivity index (χ3v) is 3.26. The average molecular weight is 251 g/mol. The Bertz CT molecular complexity index is 407. The Kier molecular flexibility index (Phi) is 4.39. The van der Waals surface area contributed by atoms with Crippen LogP contribution in [0.1, 0.15) is 61.2 Å². The summed E-state index contributed by atoms with van der Waals surface area (Å²) < 4.78 is 10.4. The number of aromatic nitrogens is 1. The molecule has 0 aliphatic heterocycles. The molecule has 100 valence electrons. The quantitative estimate of drug-likeness (QED) is 0.551. The highest BCUT2D eigenvalue weighted by atomic mass is 16.5. The van der Waals surface area contributed by atoms with E-state index in [9.17, 15) is 4.79 Å². The van der Waals surface area contributed by atoms with E-state index in [1.165, 1.54) is 25.7 Å². The second-order valence-electron chi connectivity index (χ2n) is 4.92. The van der Waals surface area contributed by atoms with Crippen LogP contribution < -0.4 is 0 Å². The van der Waals surface area contributed by atoms with E-state index in [0.717, 1.165) is 18.8 Å². The zero-order chi connectivity index (χ0) is 13.0. The van der Waals surface area contributed by atoms with Gasteiger partial charge in [-0.1, -0.05) is 25.7 Å². The molecule has 0 aromatic carbocycles. The Balaban J connectivity index is 1.81. The van der Waals surface area contributed by atoms with Crippen molar-refractivity contribution < 1.29 is 13.9 Å². The number of hydrogen-bond acceptors (Lipinski definition) is 4. The lowest BCUT2D eigenvalue weighted by molar-refractivity contribution is 0.0518. The van der Waals surface area contributed by atoms with Gasteiger partial charge < -0.3 is 9.15 Å². The minimum Gasteiger partial charge on any atom is -0.461 e. The molecule has 1 heterocycles. The summed E-state index contributed by atoms with van der Waals surface area (Å²) in [5.74, 6) is 1.81. The number of nitrogens with zero attached hydrogens (tertiary/aromatic N) is 1. The lowest BCUT2D eigenvalue weighted by atomic mass is 10.1. The van der Waals surface area contributed by atoms with E-state index in [0.29, 0.717) is 24.0 Å². The molecule has 0 unspecified atom stereocenters. The fourth-order valence-electron chi connectivity index (χ4n) is 2.06. The first kappa shape index (κ1) is 13.1. The third-order valence-electron chi connectivity index (χ3n) is 3.26. The fourth-order valence-corrected chi connectivity index (χ4v) is 2.06. The molecule has 2 rings (SSSR count). The number of carbonyl (C=O) groups excluding carboxylic acids is 1. The van der Waals surface area contributed by atoms with Gasteiger partial charge in [0.1, 0.15) is 5.76 Å². The van der Waals surface area contributed by atoms with E-state index in [-0.39, 0.29) is 5.97 Å². The van der Waals surface area contributed by atoms with Crippen LogP contribution in [-0.4, -0.2) is 17.6 Å². The van der Waals surface area contributed by atoms with E-state index in [4.69, 9.17) is 9.15 Å². The summed E-state index contributed by atoms with van der Waals surface area (Å²) in [6.45, 7) is 3.90. The minimum absolute atomic E-state index is 0.328. The number of unbranched alkanes of at least 4 members (excludes halogenated alkanes) is 1. The summed E-state index contributed by atoms with van der Waals surface area (Å²) in [5, 5.41) is 0. The molecule has 1 aliphatic rings. The van der Waals surface area contributed by atoms with Crippen LogP contribution >= 0.6 is 0 Å². The predicted molar refractivity (Wildman–Crippen MR) is 67.5 cm³/mol. The van der Waals surface area contributed by atoms with Crippen molar-refractivity contribution in [1.29, 1.82) is 0 Å². The van der Waals surface area contributed by atoms with Gasteiger partial charge in [0.25, 0.3) is 0 Å². The smallest absolute Gasteiger partial charge is 0.360 e. The van der Waals surface area contributed by atoms with E-state index >= 15 is 0 Å². The summed E-state index contributed by atoms with van der Waals surface area (Å²) in [7, 11) is 0. The molecule has 1 aliphatic carbocycles. The molecule has 0 N–H and O–H groups in total. The molecule has 0 amide bonds. The summed E-state index contributed by atoms with van der Waals surface area (Å²) >= 11 is 0. The zero-order valence-corrected chi connectivity index (χ0v) is 11.2. The maximum absolute atomic E-state index is 11.6. The third kappa shape index (κ3) is 3.59. The molecule has 0 atom stereocenters. The first-order chi connectivity index (χ1) is 8.70. The molecule has 0 spiro atoms. The van der Waals surface area contributed by atoms with Gasteiger partial charge in [-0.25, -0.2) is 9.78 Å². The van der Waals surface area contributed by atoms with Crippen LogP contribution in [-0.2, 0) is 11.2 Å². The maximum atomic E-state index is 11.6. The summed E-state index contributed by atoms with van der Waals surface area (Å²) in [6.07, 6.45) is 7.26. The van der Waals surface area contributed by atoms with Crippen LogP contribution in [0.4, 0.5) is 0 Å². The summed E-state index contributed by atoms with van der Waals surface area (Å²) in [4.78, 5) is 15.8. The lowest BCUT2D eigenvalue weighted by Crippen LogP contribution is -2.06. The van der Waals surface area contributed by atoms with Crippen LogP contribution in [0.15, 0.2) is 4.42 Å². The predicted octanol–water partition coefficient (Wildman–Crippen LogP) is 3.28. The molecule has 0 saturated heterocycles. The van der Waals surface area contributed by atoms with Crippen molar-refractivity contribution in [3.8, 4) is 0 Å². The monoisotopic (exact) mass is 251 g/mol. The van der Waals surface area contributed by atoms with E-state index in [2.05, 4.69) is 4.98 Å². The topological polar surface area (TPSA) is 52.3 Å². The van der Waals surface area contributed by atoms with Crippen molar-refractivity contribution >= 4 is 5.97 Å². The Morgan fingerprint density at radius 2 is 2.22 bits per heavy atom. The van der Waals surface area contributed by atoms with E-state index < -0.39 is 0 Å². The fraction of sp³-hybridized carbons (Fsp3) is 0.714. The molecule has 4 heteroatoms. The first-order valence-corrected chi connectivity index (χ1v) is 6.84. The van der Waals surface area contributed by atoms with Crippen LogP contribution in [0.25, 0.3) is 0 Å². The Hall–Kier alpha value is -1.32. The molecule has 0 bridgehead atoms. The zero-order valence-electron chi connectivity index (χ0n) is 11.2. The molecular formula is C14H21NO3. The number of aryl methyl sites for hydroxylation is 2. The molecule has 18 heavy (non-hydrogen) atoms. The standard InChI is InChI=1S/C14H21NO3/c1-3-17-14(16)13-10(2)18-12(15-13)7-5-4-6-11-8-9-11/h11H,3-9H2,1-2H3. The van der Waals surface area contributed by atoms with Crippen molar-refractivity contribution in [3.05, 3.63) is 17.3 Å². The number of rotatable bonds is 7. The largest absolute Gasteiger partial charge is 0.461 e. The maximum Gasteiger partial charge on any atom is 0.360 e. The molecule has 4 nitrogen and oxygen atoms in total. The summed E-state index contributed by atoms with van der Waals surface area (Å²) in [5.41, 5.74) is 0.328. The van der Waals surface area contributed by atoms with Crippen LogP contribution in [0, 0.1) is 12.8 Å². The van der Waals surface area contributed by atoms with Crippen molar-refractivity contribution in [2.45, 2.75) is 52.4 Å².